The van der Waals surface area contributed by atoms with Gasteiger partial charge in [0.25, 0.3) is 11.7 Å². The van der Waals surface area contributed by atoms with Crippen LogP contribution in [0.25, 0.3) is 0 Å². The molecule has 4 rings (SSSR count). The number of piperidine rings is 1. The second-order valence-corrected chi connectivity index (χ2v) is 20.2. The van der Waals surface area contributed by atoms with E-state index in [1.807, 2.05) is 58.1 Å². The minimum atomic E-state index is -2.43. The number of ketones is 3. The van der Waals surface area contributed by atoms with Crippen molar-refractivity contribution in [3.05, 3.63) is 47.6 Å². The zero-order valence-corrected chi connectivity index (χ0v) is 42.4. The molecular formula is C53H83NO14. The molecule has 1 saturated carbocycles. The third-order valence-electron chi connectivity index (χ3n) is 14.8. The number of esters is 1. The number of Topliss-reactive ketones (excluding diaryl/α,β-unsaturated/α-hetero) is 3. The van der Waals surface area contributed by atoms with Crippen LogP contribution in [0.4, 0.5) is 0 Å². The molecule has 0 unspecified atom stereocenters. The summed E-state index contributed by atoms with van der Waals surface area (Å²) >= 11 is 0. The van der Waals surface area contributed by atoms with Crippen molar-refractivity contribution in [2.75, 3.05) is 41.1 Å². The van der Waals surface area contributed by atoms with Crippen LogP contribution in [0.2, 0.25) is 0 Å². The first-order chi connectivity index (χ1) is 32.3. The van der Waals surface area contributed by atoms with Crippen LogP contribution in [-0.2, 0) is 52.4 Å². The summed E-state index contributed by atoms with van der Waals surface area (Å²) < 4.78 is 35.8. The maximum absolute atomic E-state index is 14.5. The average molecular weight is 958 g/mol. The second-order valence-electron chi connectivity index (χ2n) is 20.2. The Hall–Kier alpha value is -3.41. The molecule has 0 radical (unpaired) electrons. The number of allylic oxidation sites excluding steroid dienone is 6. The van der Waals surface area contributed by atoms with Gasteiger partial charge in [0.15, 0.2) is 5.78 Å². The number of aliphatic hydroxyl groups excluding tert-OH is 2. The summed E-state index contributed by atoms with van der Waals surface area (Å²) in [6.45, 7) is 12.6. The average Bonchev–Trinajstić information content (AvgIpc) is 3.32. The molecule has 0 aromatic rings. The van der Waals surface area contributed by atoms with Crippen molar-refractivity contribution in [2.24, 2.45) is 35.5 Å². The van der Waals surface area contributed by atoms with Crippen LogP contribution < -0.4 is 0 Å². The lowest BCUT2D eigenvalue weighted by Crippen LogP contribution is -2.61. The van der Waals surface area contributed by atoms with Gasteiger partial charge in [0.1, 0.15) is 30.1 Å². The molecule has 3 heterocycles. The molecular weight excluding hydrogens is 875 g/mol. The Morgan fingerprint density at radius 2 is 1.59 bits per heavy atom. The lowest BCUT2D eigenvalue weighted by atomic mass is 9.78. The van der Waals surface area contributed by atoms with E-state index in [-0.39, 0.29) is 68.0 Å². The Bertz CT molecular complexity index is 1810. The van der Waals surface area contributed by atoms with Gasteiger partial charge in [-0.05, 0) is 107 Å². The lowest BCUT2D eigenvalue weighted by molar-refractivity contribution is -0.265. The van der Waals surface area contributed by atoms with Crippen molar-refractivity contribution in [3.63, 3.8) is 0 Å². The number of carbonyl (C=O) groups is 5. The SMILES string of the molecule is CO[C@H]1C[C@@H]2CC[C@@H](C)[C@@](O)(O2)C(=O)C(=O)N2CCCC[C@H]2C(=O)O[C@H]([C@H](C)C[C@@H]2CC[C@@H](O)[C@H](OC)C2)CC(=O)[C@H](C)C=C(C)[C@@H](OCCO)[C@@H](OC)C(=O)[C@H](C)C[C@H](C)C=CC=CC=C1C. The number of hydrogen-bond donors (Lipinski definition) is 3. The maximum atomic E-state index is 14.5. The van der Waals surface area contributed by atoms with Crippen molar-refractivity contribution >= 4 is 29.2 Å². The van der Waals surface area contributed by atoms with Gasteiger partial charge in [-0.1, -0.05) is 71.1 Å². The van der Waals surface area contributed by atoms with Crippen molar-refractivity contribution in [1.29, 1.82) is 0 Å². The van der Waals surface area contributed by atoms with Gasteiger partial charge in [-0.3, -0.25) is 19.2 Å². The molecule has 15 nitrogen and oxygen atoms in total. The molecule has 0 aromatic carbocycles. The molecule has 0 spiro atoms. The van der Waals surface area contributed by atoms with E-state index in [1.54, 1.807) is 41.1 Å². The van der Waals surface area contributed by atoms with Crippen LogP contribution in [0.15, 0.2) is 47.6 Å². The quantitative estimate of drug-likeness (QED) is 0.134. The summed E-state index contributed by atoms with van der Waals surface area (Å²) in [5.74, 6) is -7.84. The summed E-state index contributed by atoms with van der Waals surface area (Å²) in [7, 11) is 4.59. The van der Waals surface area contributed by atoms with Gasteiger partial charge in [0, 0.05) is 58.5 Å². The minimum absolute atomic E-state index is 0.0190. The highest BCUT2D eigenvalue weighted by Crippen LogP contribution is 2.38. The van der Waals surface area contributed by atoms with Crippen molar-refractivity contribution in [1.82, 2.24) is 4.90 Å². The zero-order valence-electron chi connectivity index (χ0n) is 42.4. The number of rotatable bonds is 9. The third-order valence-corrected chi connectivity index (χ3v) is 14.8. The second kappa shape index (κ2) is 27.3. The van der Waals surface area contributed by atoms with Crippen molar-refractivity contribution < 1.29 is 67.7 Å². The summed E-state index contributed by atoms with van der Waals surface area (Å²) in [6.07, 6.45) is 11.9. The van der Waals surface area contributed by atoms with E-state index in [9.17, 15) is 39.3 Å². The first-order valence-electron chi connectivity index (χ1n) is 25.0. The molecule has 1 amide bonds. The molecule has 3 N–H and O–H groups in total. The highest BCUT2D eigenvalue weighted by molar-refractivity contribution is 6.39. The predicted molar refractivity (Wildman–Crippen MR) is 256 cm³/mol. The van der Waals surface area contributed by atoms with Gasteiger partial charge in [-0.25, -0.2) is 4.79 Å². The normalized spacial score (nSPS) is 36.7. The van der Waals surface area contributed by atoms with Crippen LogP contribution >= 0.6 is 0 Å². The summed E-state index contributed by atoms with van der Waals surface area (Å²) in [6, 6.07) is -1.14. The smallest absolute Gasteiger partial charge is 0.329 e. The predicted octanol–water partition coefficient (Wildman–Crippen LogP) is 6.20. The number of aliphatic hydroxyl groups is 3. The largest absolute Gasteiger partial charge is 0.460 e. The zero-order chi connectivity index (χ0) is 50.3. The number of fused-ring (bicyclic) bond motifs is 3. The molecule has 2 saturated heterocycles. The standard InChI is InChI=1S/C53H83NO14/c1-32-16-12-11-13-17-33(2)44(63-8)30-40-21-19-38(7)53(62,68-40)50(59)51(60)54-23-15-14-18-41(54)52(61)67-45(35(4)28-39-20-22-42(56)46(29-39)64-9)31-43(57)34(3)27-37(6)48(66-25-24-55)49(65-10)47(58)36(5)26-32/h11-13,16-17,27,32,34-36,38-42,44-46,48-49,55-56,62H,14-15,18-26,28-31H2,1-10H3/t32-,34-,35-,36-,38-,39+,40+,41+,42-,44+,45+,46-,48-,49+,53-/m1/s1. The number of ether oxygens (including phenoxy) is 6. The molecule has 1 aliphatic carbocycles. The van der Waals surface area contributed by atoms with Crippen LogP contribution in [0.1, 0.15) is 126 Å². The van der Waals surface area contributed by atoms with Crippen LogP contribution in [-0.4, -0.2) is 145 Å². The van der Waals surface area contributed by atoms with Crippen LogP contribution in [0.3, 0.4) is 0 Å². The fraction of sp³-hybridized carbons (Fsp3) is 0.755. The van der Waals surface area contributed by atoms with E-state index < -0.39 is 83.9 Å². The van der Waals surface area contributed by atoms with Gasteiger partial charge in [0.2, 0.25) is 5.79 Å². The lowest BCUT2D eigenvalue weighted by Gasteiger charge is -2.42. The Morgan fingerprint density at radius 1 is 0.853 bits per heavy atom. The van der Waals surface area contributed by atoms with Gasteiger partial charge >= 0.3 is 5.97 Å². The fourth-order valence-corrected chi connectivity index (χ4v) is 10.5. The van der Waals surface area contributed by atoms with E-state index in [2.05, 4.69) is 0 Å². The number of carbonyl (C=O) groups excluding carboxylic acids is 5. The molecule has 0 aromatic heterocycles. The third kappa shape index (κ3) is 15.3. The molecule has 68 heavy (non-hydrogen) atoms. The Kier molecular flexibility index (Phi) is 22.9. The van der Waals surface area contributed by atoms with Gasteiger partial charge in [-0.15, -0.1) is 0 Å². The van der Waals surface area contributed by atoms with Crippen LogP contribution in [0, 0.1) is 35.5 Å². The highest BCUT2D eigenvalue weighted by Gasteiger charge is 2.53. The molecule has 2 bridgehead atoms. The molecule has 15 atom stereocenters. The number of hydrogen-bond acceptors (Lipinski definition) is 14. The number of methoxy groups -OCH3 is 3. The van der Waals surface area contributed by atoms with Gasteiger partial charge in [-0.2, -0.15) is 0 Å². The first kappa shape index (κ1) is 57.2. The summed E-state index contributed by atoms with van der Waals surface area (Å²) in [5, 5.41) is 32.2. The topological polar surface area (TPSA) is 205 Å². The molecule has 4 aliphatic rings. The molecule has 15 heteroatoms. The number of cyclic esters (lactones) is 1. The van der Waals surface area contributed by atoms with Crippen molar-refractivity contribution in [2.45, 2.75) is 180 Å². The van der Waals surface area contributed by atoms with Gasteiger partial charge < -0.3 is 48.6 Å². The monoisotopic (exact) mass is 958 g/mol. The minimum Gasteiger partial charge on any atom is -0.460 e. The molecule has 3 aliphatic heterocycles. The van der Waals surface area contributed by atoms with E-state index in [1.165, 1.54) is 12.0 Å². The van der Waals surface area contributed by atoms with Crippen molar-refractivity contribution in [3.8, 4) is 0 Å². The molecule has 384 valence electrons. The number of amides is 1. The Labute approximate surface area is 405 Å². The summed E-state index contributed by atoms with van der Waals surface area (Å²) in [4.78, 5) is 72.6. The highest BCUT2D eigenvalue weighted by atomic mass is 16.6. The number of nitrogens with zero attached hydrogens (tertiary/aromatic N) is 1. The first-order valence-corrected chi connectivity index (χ1v) is 25.0. The van der Waals surface area contributed by atoms with E-state index in [0.29, 0.717) is 63.4 Å². The van der Waals surface area contributed by atoms with E-state index in [0.717, 1.165) is 12.0 Å². The maximum Gasteiger partial charge on any atom is 0.329 e. The summed E-state index contributed by atoms with van der Waals surface area (Å²) in [5.41, 5.74) is 1.44. The fourth-order valence-electron chi connectivity index (χ4n) is 10.5. The van der Waals surface area contributed by atoms with Crippen LogP contribution in [0.5, 0.6) is 0 Å². The van der Waals surface area contributed by atoms with Gasteiger partial charge in [0.05, 0.1) is 37.6 Å². The van der Waals surface area contributed by atoms with E-state index in [4.69, 9.17) is 28.4 Å². The Balaban J connectivity index is 1.74. The van der Waals surface area contributed by atoms with E-state index >= 15 is 0 Å². The Morgan fingerprint density at radius 3 is 2.26 bits per heavy atom. The molecule has 3 fully saturated rings.